The van der Waals surface area contributed by atoms with Gasteiger partial charge in [-0.2, -0.15) is 0 Å². The molecule has 0 radical (unpaired) electrons. The Morgan fingerprint density at radius 3 is 2.75 bits per heavy atom. The van der Waals surface area contributed by atoms with Crippen LogP contribution in [0.25, 0.3) is 0 Å². The predicted molar refractivity (Wildman–Crippen MR) is 75.7 cm³/mol. The number of thioether (sulfide) groups is 1. The van der Waals surface area contributed by atoms with Crippen molar-refractivity contribution in [1.82, 2.24) is 20.3 Å². The Morgan fingerprint density at radius 1 is 1.45 bits per heavy atom. The van der Waals surface area contributed by atoms with Gasteiger partial charge in [-0.1, -0.05) is 30.8 Å². The number of rotatable bonds is 5. The third kappa shape index (κ3) is 3.60. The summed E-state index contributed by atoms with van der Waals surface area (Å²) in [7, 11) is 0. The highest BCUT2D eigenvalue weighted by molar-refractivity contribution is 8.00. The van der Waals surface area contributed by atoms with Crippen molar-refractivity contribution in [3.8, 4) is 0 Å². The minimum absolute atomic E-state index is 0.167. The molecule has 0 fully saturated rings. The van der Waals surface area contributed by atoms with E-state index in [1.807, 2.05) is 13.8 Å². The summed E-state index contributed by atoms with van der Waals surface area (Å²) in [5, 5.41) is 13.6. The van der Waals surface area contributed by atoms with Crippen LogP contribution in [0, 0.1) is 6.92 Å². The third-order valence-corrected chi connectivity index (χ3v) is 3.52. The second kappa shape index (κ2) is 6.08. The van der Waals surface area contributed by atoms with E-state index in [2.05, 4.69) is 25.7 Å². The van der Waals surface area contributed by atoms with Crippen LogP contribution >= 0.6 is 11.8 Å². The van der Waals surface area contributed by atoms with E-state index in [1.165, 1.54) is 11.8 Å². The van der Waals surface area contributed by atoms with Gasteiger partial charge >= 0.3 is 0 Å². The number of nitrogens with zero attached hydrogens (tertiary/aromatic N) is 3. The number of carbonyl (C=O) groups is 1. The number of amides is 1. The first-order valence-electron chi connectivity index (χ1n) is 6.29. The van der Waals surface area contributed by atoms with Crippen LogP contribution in [0.5, 0.6) is 0 Å². The van der Waals surface area contributed by atoms with Gasteiger partial charge in [-0.3, -0.25) is 9.89 Å². The predicted octanol–water partition coefficient (Wildman–Crippen LogP) is 2.34. The van der Waals surface area contributed by atoms with Crippen LogP contribution in [0.1, 0.15) is 38.3 Å². The number of carbonyl (C=O) groups excluding carboxylic acids is 1. The Bertz CT molecular complexity index is 592. The zero-order valence-electron chi connectivity index (χ0n) is 11.8. The van der Waals surface area contributed by atoms with E-state index in [4.69, 9.17) is 4.52 Å². The van der Waals surface area contributed by atoms with Crippen LogP contribution in [-0.4, -0.2) is 31.5 Å². The highest BCUT2D eigenvalue weighted by atomic mass is 32.2. The molecule has 0 saturated carbocycles. The van der Waals surface area contributed by atoms with Crippen LogP contribution in [0.2, 0.25) is 0 Å². The normalized spacial score (nSPS) is 12.7. The number of nitrogens with one attached hydrogen (secondary N) is 2. The van der Waals surface area contributed by atoms with Gasteiger partial charge in [-0.05, 0) is 13.8 Å². The molecule has 2 N–H and O–H groups in total. The standard InChI is InChI=1S/C12H17N5O2S/c1-6(2)10-14-12(16-15-10)20-8(4)11(18)13-9-5-7(3)19-17-9/h5-6,8H,1-4H3,(H,13,17,18)(H,14,15,16). The fourth-order valence-electron chi connectivity index (χ4n) is 1.43. The number of H-pyrrole nitrogens is 1. The molecule has 2 aromatic rings. The maximum atomic E-state index is 12.0. The summed E-state index contributed by atoms with van der Waals surface area (Å²) in [5.74, 6) is 1.99. The molecule has 2 rings (SSSR count). The lowest BCUT2D eigenvalue weighted by Gasteiger charge is -2.07. The van der Waals surface area contributed by atoms with Gasteiger partial charge in [0.25, 0.3) is 0 Å². The summed E-state index contributed by atoms with van der Waals surface area (Å²) in [6, 6.07) is 1.67. The number of hydrogen-bond acceptors (Lipinski definition) is 6. The zero-order valence-corrected chi connectivity index (χ0v) is 12.6. The van der Waals surface area contributed by atoms with Crippen molar-refractivity contribution in [1.29, 1.82) is 0 Å². The highest BCUT2D eigenvalue weighted by Gasteiger charge is 2.18. The number of aromatic amines is 1. The Morgan fingerprint density at radius 2 is 2.20 bits per heavy atom. The largest absolute Gasteiger partial charge is 0.360 e. The fourth-order valence-corrected chi connectivity index (χ4v) is 2.17. The maximum absolute atomic E-state index is 12.0. The lowest BCUT2D eigenvalue weighted by molar-refractivity contribution is -0.115. The van der Waals surface area contributed by atoms with Gasteiger partial charge in [0, 0.05) is 12.0 Å². The van der Waals surface area contributed by atoms with E-state index in [0.29, 0.717) is 16.7 Å². The molecule has 2 heterocycles. The number of aryl methyl sites for hydroxylation is 1. The van der Waals surface area contributed by atoms with E-state index in [0.717, 1.165) is 5.82 Å². The average Bonchev–Trinajstić information content (AvgIpc) is 2.98. The van der Waals surface area contributed by atoms with Gasteiger partial charge in [-0.15, -0.1) is 5.10 Å². The summed E-state index contributed by atoms with van der Waals surface area (Å²) in [6.07, 6.45) is 0. The molecule has 7 nitrogen and oxygen atoms in total. The number of anilines is 1. The zero-order chi connectivity index (χ0) is 14.7. The Labute approximate surface area is 120 Å². The second-order valence-electron chi connectivity index (χ2n) is 4.73. The molecule has 108 valence electrons. The van der Waals surface area contributed by atoms with Crippen molar-refractivity contribution in [2.45, 2.75) is 44.0 Å². The van der Waals surface area contributed by atoms with E-state index in [9.17, 15) is 4.79 Å². The topological polar surface area (TPSA) is 96.7 Å². The molecule has 0 aliphatic rings. The van der Waals surface area contributed by atoms with E-state index < -0.39 is 0 Å². The lowest BCUT2D eigenvalue weighted by atomic mass is 10.2. The van der Waals surface area contributed by atoms with Crippen LogP contribution in [0.3, 0.4) is 0 Å². The van der Waals surface area contributed by atoms with Gasteiger partial charge in [0.2, 0.25) is 11.1 Å². The van der Waals surface area contributed by atoms with Crippen molar-refractivity contribution in [2.75, 3.05) is 5.32 Å². The minimum atomic E-state index is -0.331. The van der Waals surface area contributed by atoms with Crippen LogP contribution in [0.4, 0.5) is 5.82 Å². The summed E-state index contributed by atoms with van der Waals surface area (Å²) in [6.45, 7) is 7.61. The minimum Gasteiger partial charge on any atom is -0.360 e. The van der Waals surface area contributed by atoms with Crippen molar-refractivity contribution < 1.29 is 9.32 Å². The second-order valence-corrected chi connectivity index (χ2v) is 6.04. The summed E-state index contributed by atoms with van der Waals surface area (Å²) < 4.78 is 4.89. The molecule has 0 spiro atoms. The van der Waals surface area contributed by atoms with Gasteiger partial charge in [0.15, 0.2) is 5.82 Å². The first-order chi connectivity index (χ1) is 9.45. The molecule has 0 aromatic carbocycles. The molecule has 0 aliphatic heterocycles. The van der Waals surface area contributed by atoms with E-state index >= 15 is 0 Å². The van der Waals surface area contributed by atoms with Crippen LogP contribution in [-0.2, 0) is 4.79 Å². The van der Waals surface area contributed by atoms with Crippen LogP contribution < -0.4 is 5.32 Å². The van der Waals surface area contributed by atoms with E-state index in [-0.39, 0.29) is 17.1 Å². The molecular formula is C12H17N5O2S. The Balaban J connectivity index is 1.93. The molecule has 0 saturated heterocycles. The molecule has 0 bridgehead atoms. The molecule has 1 amide bonds. The lowest BCUT2D eigenvalue weighted by Crippen LogP contribution is -2.22. The Hall–Kier alpha value is -1.83. The van der Waals surface area contributed by atoms with E-state index in [1.54, 1.807) is 19.9 Å². The maximum Gasteiger partial charge on any atom is 0.238 e. The monoisotopic (exact) mass is 295 g/mol. The summed E-state index contributed by atoms with van der Waals surface area (Å²) in [5.41, 5.74) is 0. The highest BCUT2D eigenvalue weighted by Crippen LogP contribution is 2.22. The van der Waals surface area contributed by atoms with Crippen molar-refractivity contribution >= 4 is 23.5 Å². The summed E-state index contributed by atoms with van der Waals surface area (Å²) >= 11 is 1.29. The average molecular weight is 295 g/mol. The van der Waals surface area contributed by atoms with Gasteiger partial charge in [0.1, 0.15) is 11.6 Å². The molecular weight excluding hydrogens is 278 g/mol. The molecule has 2 aromatic heterocycles. The Kier molecular flexibility index (Phi) is 4.43. The molecule has 20 heavy (non-hydrogen) atoms. The number of hydrogen-bond donors (Lipinski definition) is 2. The SMILES string of the molecule is Cc1cc(NC(=O)C(C)Sc2n[nH]c(C(C)C)n2)no1. The molecule has 1 unspecified atom stereocenters. The fraction of sp³-hybridized carbons (Fsp3) is 0.500. The third-order valence-electron chi connectivity index (χ3n) is 2.56. The smallest absolute Gasteiger partial charge is 0.238 e. The van der Waals surface area contributed by atoms with Crippen molar-refractivity contribution in [3.63, 3.8) is 0 Å². The van der Waals surface area contributed by atoms with Crippen LogP contribution in [0.15, 0.2) is 15.7 Å². The number of aromatic nitrogens is 4. The van der Waals surface area contributed by atoms with Gasteiger partial charge in [0.05, 0.1) is 5.25 Å². The van der Waals surface area contributed by atoms with Gasteiger partial charge in [-0.25, -0.2) is 4.98 Å². The molecule has 1 atom stereocenters. The first-order valence-corrected chi connectivity index (χ1v) is 7.17. The summed E-state index contributed by atoms with van der Waals surface area (Å²) in [4.78, 5) is 16.3. The molecule has 8 heteroatoms. The molecule has 0 aliphatic carbocycles. The van der Waals surface area contributed by atoms with Crippen molar-refractivity contribution in [3.05, 3.63) is 17.7 Å². The van der Waals surface area contributed by atoms with Crippen molar-refractivity contribution in [2.24, 2.45) is 0 Å². The first kappa shape index (κ1) is 14.6. The quantitative estimate of drug-likeness (QED) is 0.822. The van der Waals surface area contributed by atoms with Gasteiger partial charge < -0.3 is 9.84 Å².